The molecule has 1 saturated heterocycles. The zero-order valence-corrected chi connectivity index (χ0v) is 18.1. The number of carboxylic acid groups (broad SMARTS) is 1. The molecule has 0 aliphatic carbocycles. The monoisotopic (exact) mass is 429 g/mol. The Bertz CT molecular complexity index is 1040. The van der Waals surface area contributed by atoms with Crippen molar-refractivity contribution < 1.29 is 23.4 Å². The molecule has 1 aromatic heterocycles. The van der Waals surface area contributed by atoms with Gasteiger partial charge < -0.3 is 9.84 Å². The lowest BCUT2D eigenvalue weighted by Crippen LogP contribution is -2.63. The van der Waals surface area contributed by atoms with E-state index in [2.05, 4.69) is 4.98 Å². The summed E-state index contributed by atoms with van der Waals surface area (Å²) in [5, 5.41) is 18.8. The predicted octanol–water partition coefficient (Wildman–Crippen LogP) is 5.30. The first-order valence-electron chi connectivity index (χ1n) is 9.82. The smallest absolute Gasteiger partial charge is 0.410 e. The average molecular weight is 429 g/mol. The highest BCUT2D eigenvalue weighted by Gasteiger charge is 2.66. The molecule has 2 heterocycles. The molecule has 3 rings (SSSR count). The highest BCUT2D eigenvalue weighted by atomic mass is 19.1. The highest BCUT2D eigenvalue weighted by Crippen LogP contribution is 2.56. The lowest BCUT2D eigenvalue weighted by atomic mass is 9.68. The fraction of sp³-hybridized carbons (Fsp3) is 0.435. The van der Waals surface area contributed by atoms with Crippen molar-refractivity contribution in [3.05, 3.63) is 53.6 Å². The Kier molecular flexibility index (Phi) is 5.53. The van der Waals surface area contributed by atoms with E-state index in [9.17, 15) is 18.7 Å². The van der Waals surface area contributed by atoms with E-state index in [1.54, 1.807) is 65.0 Å². The fourth-order valence-corrected chi connectivity index (χ4v) is 4.37. The number of nitrogens with zero attached hydrogens (tertiary/aromatic N) is 3. The molecule has 1 N–H and O–H groups in total. The van der Waals surface area contributed by atoms with Crippen LogP contribution in [0.3, 0.4) is 0 Å². The van der Waals surface area contributed by atoms with Crippen molar-refractivity contribution in [1.29, 1.82) is 5.26 Å². The van der Waals surface area contributed by atoms with E-state index < -0.39 is 41.4 Å². The van der Waals surface area contributed by atoms with Gasteiger partial charge in [0, 0.05) is 11.8 Å². The molecule has 2 aromatic rings. The summed E-state index contributed by atoms with van der Waals surface area (Å²) in [7, 11) is 0. The lowest BCUT2D eigenvalue weighted by molar-refractivity contribution is -0.0696. The number of halogens is 2. The maximum atomic E-state index is 14.7. The second-order valence-electron chi connectivity index (χ2n) is 9.16. The van der Waals surface area contributed by atoms with Crippen molar-refractivity contribution in [1.82, 2.24) is 9.88 Å². The number of hydrogen-bond donors (Lipinski definition) is 1. The molecule has 0 bridgehead atoms. The van der Waals surface area contributed by atoms with Crippen LogP contribution in [0.2, 0.25) is 0 Å². The third-order valence-corrected chi connectivity index (χ3v) is 5.97. The second kappa shape index (κ2) is 7.57. The van der Waals surface area contributed by atoms with Crippen LogP contribution in [0, 0.1) is 22.6 Å². The van der Waals surface area contributed by atoms with Gasteiger partial charge in [-0.3, -0.25) is 4.90 Å². The van der Waals surface area contributed by atoms with E-state index in [4.69, 9.17) is 10.00 Å². The minimum atomic E-state index is -1.45. The number of alkyl halides is 1. The molecule has 6 nitrogen and oxygen atoms in total. The minimum absolute atomic E-state index is 0.284. The summed E-state index contributed by atoms with van der Waals surface area (Å²) in [5.74, 6) is -0.716. The molecular formula is C23H25F2N3O3. The first kappa shape index (κ1) is 22.6. The molecule has 0 radical (unpaired) electrons. The summed E-state index contributed by atoms with van der Waals surface area (Å²) >= 11 is 0. The number of benzene rings is 1. The number of pyridine rings is 1. The van der Waals surface area contributed by atoms with E-state index in [1.165, 1.54) is 12.3 Å². The fourth-order valence-electron chi connectivity index (χ4n) is 4.37. The zero-order valence-electron chi connectivity index (χ0n) is 18.1. The summed E-state index contributed by atoms with van der Waals surface area (Å²) in [6, 6.07) is 9.76. The van der Waals surface area contributed by atoms with Crippen LogP contribution >= 0.6 is 0 Å². The molecule has 1 aromatic carbocycles. The number of nitriles is 1. The minimum Gasteiger partial charge on any atom is -0.465 e. The van der Waals surface area contributed by atoms with Gasteiger partial charge in [-0.15, -0.1) is 0 Å². The quantitative estimate of drug-likeness (QED) is 0.715. The Hall–Kier alpha value is -3.05. The number of hydrogen-bond acceptors (Lipinski definition) is 4. The van der Waals surface area contributed by atoms with Crippen LogP contribution in [-0.2, 0) is 4.74 Å². The Morgan fingerprint density at radius 3 is 2.35 bits per heavy atom. The summed E-state index contributed by atoms with van der Waals surface area (Å²) in [5.41, 5.74) is -2.02. The van der Waals surface area contributed by atoms with Crippen LogP contribution in [0.5, 0.6) is 0 Å². The molecular weight excluding hydrogens is 404 g/mol. The van der Waals surface area contributed by atoms with Gasteiger partial charge >= 0.3 is 6.09 Å². The van der Waals surface area contributed by atoms with Gasteiger partial charge in [0.1, 0.15) is 30.1 Å². The molecule has 1 fully saturated rings. The third-order valence-electron chi connectivity index (χ3n) is 5.97. The lowest BCUT2D eigenvalue weighted by Gasteiger charge is -2.48. The number of carbonyl (C=O) groups is 1. The van der Waals surface area contributed by atoms with Crippen molar-refractivity contribution in [3.8, 4) is 17.2 Å². The summed E-state index contributed by atoms with van der Waals surface area (Å²) in [6.45, 7) is 7.66. The molecule has 164 valence electrons. The van der Waals surface area contributed by atoms with E-state index >= 15 is 0 Å². The number of amides is 1. The van der Waals surface area contributed by atoms with E-state index in [1.807, 2.05) is 0 Å². The number of ether oxygens (including phenoxy) is 1. The first-order valence-corrected chi connectivity index (χ1v) is 9.82. The topological polar surface area (TPSA) is 86.5 Å². The molecule has 1 aliphatic rings. The highest BCUT2D eigenvalue weighted by molar-refractivity contribution is 5.69. The Balaban J connectivity index is 2.08. The zero-order chi connectivity index (χ0) is 23.2. The van der Waals surface area contributed by atoms with Gasteiger partial charge in [0.15, 0.2) is 11.5 Å². The Morgan fingerprint density at radius 1 is 1.29 bits per heavy atom. The number of rotatable bonds is 3. The SMILES string of the molecule is CC1(C)O[C@H](c2ccc(-c3cnc(C#N)c(F)c3)cc2)[C@](CF)(C(C)(C)C)N1C(=O)O. The van der Waals surface area contributed by atoms with Crippen molar-refractivity contribution in [2.24, 2.45) is 5.41 Å². The summed E-state index contributed by atoms with van der Waals surface area (Å²) in [6.07, 6.45) is -0.705. The summed E-state index contributed by atoms with van der Waals surface area (Å²) < 4.78 is 34.8. The van der Waals surface area contributed by atoms with Gasteiger partial charge in [-0.05, 0) is 36.5 Å². The van der Waals surface area contributed by atoms with Gasteiger partial charge in [-0.1, -0.05) is 45.0 Å². The van der Waals surface area contributed by atoms with Gasteiger partial charge in [-0.2, -0.15) is 5.26 Å². The van der Waals surface area contributed by atoms with Crippen LogP contribution < -0.4 is 0 Å². The Morgan fingerprint density at radius 2 is 1.90 bits per heavy atom. The maximum Gasteiger partial charge on any atom is 0.410 e. The molecule has 0 unspecified atom stereocenters. The second-order valence-corrected chi connectivity index (χ2v) is 9.16. The molecule has 1 aliphatic heterocycles. The van der Waals surface area contributed by atoms with Gasteiger partial charge in [0.2, 0.25) is 0 Å². The maximum absolute atomic E-state index is 14.7. The van der Waals surface area contributed by atoms with Crippen molar-refractivity contribution >= 4 is 6.09 Å². The van der Waals surface area contributed by atoms with E-state index in [-0.39, 0.29) is 5.69 Å². The van der Waals surface area contributed by atoms with Gasteiger partial charge in [-0.25, -0.2) is 18.6 Å². The average Bonchev–Trinajstić information content (AvgIpc) is 2.95. The van der Waals surface area contributed by atoms with E-state index in [0.717, 1.165) is 4.90 Å². The molecule has 2 atom stereocenters. The van der Waals surface area contributed by atoms with Crippen molar-refractivity contribution in [3.63, 3.8) is 0 Å². The standard InChI is InChI=1S/C23H25F2N3O3/c1-21(2,3)23(13-24)19(31-22(4,5)28(23)20(29)30)15-8-6-14(7-9-15)16-10-17(25)18(11-26)27-12-16/h6-10,12,19H,13H2,1-5H3,(H,29,30)/t19-,23-/m1/s1. The van der Waals surface area contributed by atoms with E-state index in [0.29, 0.717) is 16.7 Å². The van der Waals surface area contributed by atoms with Crippen LogP contribution in [0.15, 0.2) is 36.5 Å². The van der Waals surface area contributed by atoms with Crippen molar-refractivity contribution in [2.45, 2.75) is 52.0 Å². The number of aromatic nitrogens is 1. The van der Waals surface area contributed by atoms with Crippen LogP contribution in [-0.4, -0.2) is 39.0 Å². The first-order chi connectivity index (χ1) is 14.4. The van der Waals surface area contributed by atoms with Crippen LogP contribution in [0.1, 0.15) is 52.0 Å². The molecule has 0 saturated carbocycles. The molecule has 31 heavy (non-hydrogen) atoms. The largest absolute Gasteiger partial charge is 0.465 e. The normalized spacial score (nSPS) is 22.9. The van der Waals surface area contributed by atoms with Gasteiger partial charge in [0.25, 0.3) is 0 Å². The predicted molar refractivity (Wildman–Crippen MR) is 110 cm³/mol. The van der Waals surface area contributed by atoms with Gasteiger partial charge in [0.05, 0.1) is 0 Å². The molecule has 0 spiro atoms. The third kappa shape index (κ3) is 3.53. The Labute approximate surface area is 180 Å². The van der Waals surface area contributed by atoms with Crippen LogP contribution in [0.4, 0.5) is 13.6 Å². The van der Waals surface area contributed by atoms with Crippen molar-refractivity contribution in [2.75, 3.05) is 6.67 Å². The molecule has 1 amide bonds. The van der Waals surface area contributed by atoms with Crippen LogP contribution in [0.25, 0.3) is 11.1 Å². The molecule has 8 heteroatoms. The summed E-state index contributed by atoms with van der Waals surface area (Å²) in [4.78, 5) is 17.0.